The molecule has 6 nitrogen and oxygen atoms in total. The first-order valence-electron chi connectivity index (χ1n) is 13.2. The number of anilines is 2. The van der Waals surface area contributed by atoms with Crippen molar-refractivity contribution in [3.8, 4) is 5.75 Å². The summed E-state index contributed by atoms with van der Waals surface area (Å²) >= 11 is 13.0. The first kappa shape index (κ1) is 25.1. The van der Waals surface area contributed by atoms with Crippen LogP contribution in [0.25, 0.3) is 5.57 Å². The van der Waals surface area contributed by atoms with E-state index in [1.54, 1.807) is 18.4 Å². The third kappa shape index (κ3) is 4.07. The average Bonchev–Trinajstić information content (AvgIpc) is 3.42. The molecular formula is C28H34ClN5OS2. The minimum Gasteiger partial charge on any atom is -0.495 e. The molecule has 4 aliphatic rings. The minimum absolute atomic E-state index is 0.137. The summed E-state index contributed by atoms with van der Waals surface area (Å²) < 4.78 is 5.53. The van der Waals surface area contributed by atoms with Gasteiger partial charge < -0.3 is 15.8 Å². The number of halogens is 1. The lowest BCUT2D eigenvalue weighted by Crippen LogP contribution is -2.49. The van der Waals surface area contributed by atoms with Gasteiger partial charge in [-0.05, 0) is 104 Å². The number of rotatable bonds is 4. The lowest BCUT2D eigenvalue weighted by Gasteiger charge is -2.56. The fourth-order valence-electron chi connectivity index (χ4n) is 7.92. The van der Waals surface area contributed by atoms with Crippen molar-refractivity contribution in [1.82, 2.24) is 10.4 Å². The molecule has 0 amide bonds. The van der Waals surface area contributed by atoms with Crippen molar-refractivity contribution in [3.05, 3.63) is 39.9 Å². The first-order valence-corrected chi connectivity index (χ1v) is 14.8. The van der Waals surface area contributed by atoms with Gasteiger partial charge in [-0.15, -0.1) is 0 Å². The molecule has 4 aliphatic carbocycles. The SMILES string of the molecule is COc1ccc(Cl)cc1Nc1nc2c(s1)C1=CC[C@@H]3[C@H](CC[C@]4(C)/C(=N/NC(N)=S)CC[C@@H]34)[C@@]1(C)CC2. The van der Waals surface area contributed by atoms with Gasteiger partial charge in [0.25, 0.3) is 0 Å². The molecule has 2 saturated carbocycles. The average molecular weight is 556 g/mol. The lowest BCUT2D eigenvalue weighted by molar-refractivity contribution is 0.0116. The number of hydrazone groups is 1. The number of aryl methyl sites for hydroxylation is 1. The molecule has 0 radical (unpaired) electrons. The fourth-order valence-corrected chi connectivity index (χ4v) is 9.34. The van der Waals surface area contributed by atoms with E-state index in [4.69, 9.17) is 39.3 Å². The summed E-state index contributed by atoms with van der Waals surface area (Å²) in [6.45, 7) is 4.94. The van der Waals surface area contributed by atoms with E-state index >= 15 is 0 Å². The Morgan fingerprint density at radius 2 is 2.03 bits per heavy atom. The highest BCUT2D eigenvalue weighted by Gasteiger charge is 2.58. The van der Waals surface area contributed by atoms with Crippen LogP contribution in [0.3, 0.4) is 0 Å². The molecule has 1 aromatic carbocycles. The largest absolute Gasteiger partial charge is 0.495 e. The number of thiazole rings is 1. The third-order valence-electron chi connectivity index (χ3n) is 9.73. The molecule has 5 atom stereocenters. The number of thiocarbonyl (C=S) groups is 1. The van der Waals surface area contributed by atoms with E-state index in [2.05, 4.69) is 35.8 Å². The van der Waals surface area contributed by atoms with E-state index in [0.717, 1.165) is 42.3 Å². The van der Waals surface area contributed by atoms with Crippen LogP contribution in [0.4, 0.5) is 10.8 Å². The highest BCUT2D eigenvalue weighted by atomic mass is 35.5. The molecule has 9 heteroatoms. The molecule has 4 N–H and O–H groups in total. The number of fused-ring (bicyclic) bond motifs is 7. The molecular weight excluding hydrogens is 522 g/mol. The van der Waals surface area contributed by atoms with Crippen LogP contribution < -0.4 is 21.2 Å². The second kappa shape index (κ2) is 9.24. The van der Waals surface area contributed by atoms with Gasteiger partial charge in [0.2, 0.25) is 0 Å². The Balaban J connectivity index is 1.29. The lowest BCUT2D eigenvalue weighted by atomic mass is 9.48. The van der Waals surface area contributed by atoms with Crippen molar-refractivity contribution in [3.63, 3.8) is 0 Å². The molecule has 0 aliphatic heterocycles. The van der Waals surface area contributed by atoms with E-state index < -0.39 is 0 Å². The third-order valence-corrected chi connectivity index (χ3v) is 11.1. The number of ether oxygens (including phenoxy) is 1. The molecule has 2 aromatic rings. The van der Waals surface area contributed by atoms with Crippen molar-refractivity contribution in [2.24, 2.45) is 39.4 Å². The first-order chi connectivity index (χ1) is 17.7. The number of nitrogens with zero attached hydrogens (tertiary/aromatic N) is 2. The number of nitrogens with one attached hydrogen (secondary N) is 2. The van der Waals surface area contributed by atoms with E-state index in [1.165, 1.54) is 41.1 Å². The summed E-state index contributed by atoms with van der Waals surface area (Å²) in [5, 5.41) is 9.95. The van der Waals surface area contributed by atoms with Crippen LogP contribution in [0, 0.1) is 28.6 Å². The Morgan fingerprint density at radius 1 is 1.22 bits per heavy atom. The van der Waals surface area contributed by atoms with Gasteiger partial charge in [-0.2, -0.15) is 5.10 Å². The van der Waals surface area contributed by atoms with Gasteiger partial charge in [0.15, 0.2) is 10.2 Å². The van der Waals surface area contributed by atoms with Gasteiger partial charge in [0, 0.05) is 16.1 Å². The Bertz CT molecular complexity index is 1320. The Labute approximate surface area is 233 Å². The molecule has 2 fully saturated rings. The molecule has 1 aromatic heterocycles. The van der Waals surface area contributed by atoms with Crippen LogP contribution in [0.5, 0.6) is 5.75 Å². The van der Waals surface area contributed by atoms with Gasteiger partial charge in [-0.1, -0.05) is 42.9 Å². The number of hydrogen-bond donors (Lipinski definition) is 3. The summed E-state index contributed by atoms with van der Waals surface area (Å²) in [4.78, 5) is 6.37. The summed E-state index contributed by atoms with van der Waals surface area (Å²) in [5.41, 5.74) is 13.7. The van der Waals surface area contributed by atoms with Crippen molar-refractivity contribution >= 4 is 62.4 Å². The van der Waals surface area contributed by atoms with Crippen LogP contribution in [-0.4, -0.2) is 22.9 Å². The number of benzene rings is 1. The summed E-state index contributed by atoms with van der Waals surface area (Å²) in [5.74, 6) is 2.79. The van der Waals surface area contributed by atoms with E-state index in [9.17, 15) is 0 Å². The molecule has 0 unspecified atom stereocenters. The van der Waals surface area contributed by atoms with Gasteiger partial charge in [-0.25, -0.2) is 4.98 Å². The van der Waals surface area contributed by atoms with Crippen LogP contribution in [0.1, 0.15) is 62.9 Å². The normalized spacial score (nSPS) is 33.0. The van der Waals surface area contributed by atoms with Gasteiger partial charge >= 0.3 is 0 Å². The van der Waals surface area contributed by atoms with Gasteiger partial charge in [-0.3, -0.25) is 5.43 Å². The molecule has 0 spiro atoms. The maximum atomic E-state index is 6.26. The van der Waals surface area contributed by atoms with Crippen LogP contribution in [0.2, 0.25) is 5.02 Å². The minimum atomic E-state index is 0.137. The zero-order valence-electron chi connectivity index (χ0n) is 21.6. The number of methoxy groups -OCH3 is 1. The predicted octanol–water partition coefficient (Wildman–Crippen LogP) is 6.92. The van der Waals surface area contributed by atoms with E-state index in [-0.39, 0.29) is 15.9 Å². The van der Waals surface area contributed by atoms with Gasteiger partial charge in [0.05, 0.1) is 23.4 Å². The van der Waals surface area contributed by atoms with Crippen LogP contribution >= 0.6 is 35.2 Å². The number of hydrogen-bond acceptors (Lipinski definition) is 6. The van der Waals surface area contributed by atoms with Crippen LogP contribution in [-0.2, 0) is 6.42 Å². The zero-order valence-corrected chi connectivity index (χ0v) is 24.0. The predicted molar refractivity (Wildman–Crippen MR) is 157 cm³/mol. The molecule has 1 heterocycles. The standard InChI is InChI=1S/C28H34ClN5OS2/c1-27-13-11-20-24(37-26(31-20)32-21-14-15(29)4-8-22(21)35-3)19(27)6-5-16-17-7-9-23(33-34-25(30)36)28(17,2)12-10-18(16)27/h4,6,8,14,16-18H,5,7,9-13H2,1-3H3,(H,31,32)(H3,30,34,36)/b33-23+/t16-,17-,18-,27+,28-/m0/s1. The van der Waals surface area contributed by atoms with Crippen molar-refractivity contribution in [2.75, 3.05) is 12.4 Å². The maximum absolute atomic E-state index is 6.26. The van der Waals surface area contributed by atoms with Crippen molar-refractivity contribution in [1.29, 1.82) is 0 Å². The summed E-state index contributed by atoms with van der Waals surface area (Å²) in [6.07, 6.45) is 10.5. The van der Waals surface area contributed by atoms with E-state index in [1.807, 2.05) is 18.2 Å². The molecule has 0 bridgehead atoms. The smallest absolute Gasteiger partial charge is 0.188 e. The zero-order chi connectivity index (χ0) is 25.9. The maximum Gasteiger partial charge on any atom is 0.188 e. The van der Waals surface area contributed by atoms with Gasteiger partial charge in [0.1, 0.15) is 5.75 Å². The fraction of sp³-hybridized carbons (Fsp3) is 0.536. The Morgan fingerprint density at radius 3 is 2.81 bits per heavy atom. The van der Waals surface area contributed by atoms with E-state index in [0.29, 0.717) is 22.8 Å². The Hall–Kier alpha value is -2.16. The van der Waals surface area contributed by atoms with Crippen molar-refractivity contribution < 1.29 is 4.74 Å². The highest BCUT2D eigenvalue weighted by Crippen LogP contribution is 2.65. The highest BCUT2D eigenvalue weighted by molar-refractivity contribution is 7.80. The molecule has 37 heavy (non-hydrogen) atoms. The van der Waals surface area contributed by atoms with Crippen molar-refractivity contribution in [2.45, 2.75) is 58.8 Å². The number of allylic oxidation sites excluding steroid dienone is 2. The second-order valence-corrected chi connectivity index (χ2v) is 13.3. The monoisotopic (exact) mass is 555 g/mol. The van der Waals surface area contributed by atoms with Crippen LogP contribution in [0.15, 0.2) is 29.4 Å². The summed E-state index contributed by atoms with van der Waals surface area (Å²) in [6, 6.07) is 5.62. The summed E-state index contributed by atoms with van der Waals surface area (Å²) in [7, 11) is 1.67. The molecule has 196 valence electrons. The Kier molecular flexibility index (Phi) is 6.28. The molecule has 0 saturated heterocycles. The topological polar surface area (TPSA) is 84.6 Å². The number of aromatic nitrogens is 1. The quantitative estimate of drug-likeness (QED) is 0.280. The molecule has 6 rings (SSSR count). The second-order valence-electron chi connectivity index (χ2n) is 11.4. The number of nitrogens with two attached hydrogens (primary N) is 1.